The molecular formula is C14H19ClN2O2. The molecule has 1 heterocycles. The van der Waals surface area contributed by atoms with E-state index >= 15 is 0 Å². The number of fused-ring (bicyclic) bond motifs is 1. The highest BCUT2D eigenvalue weighted by atomic mass is 35.5. The van der Waals surface area contributed by atoms with Crippen molar-refractivity contribution in [2.45, 2.75) is 19.4 Å². The van der Waals surface area contributed by atoms with E-state index in [4.69, 9.17) is 21.1 Å². The van der Waals surface area contributed by atoms with Gasteiger partial charge in [0.25, 0.3) is 0 Å². The van der Waals surface area contributed by atoms with Crippen LogP contribution in [0.5, 0.6) is 5.75 Å². The Hall–Kier alpha value is -1.26. The van der Waals surface area contributed by atoms with Gasteiger partial charge in [-0.1, -0.05) is 0 Å². The molecule has 0 saturated heterocycles. The summed E-state index contributed by atoms with van der Waals surface area (Å²) in [6, 6.07) is 5.94. The molecule has 0 aliphatic rings. The molecular weight excluding hydrogens is 264 g/mol. The Labute approximate surface area is 118 Å². The quantitative estimate of drug-likeness (QED) is 0.579. The van der Waals surface area contributed by atoms with Gasteiger partial charge in [0, 0.05) is 38.6 Å². The maximum Gasteiger partial charge on any atom is 0.121 e. The number of halogens is 1. The zero-order chi connectivity index (χ0) is 13.7. The van der Waals surface area contributed by atoms with Crippen LogP contribution in [-0.2, 0) is 17.7 Å². The molecule has 0 bridgehead atoms. The zero-order valence-electron chi connectivity index (χ0n) is 11.4. The van der Waals surface area contributed by atoms with E-state index in [-0.39, 0.29) is 0 Å². The molecule has 0 fully saturated rings. The predicted octanol–water partition coefficient (Wildman–Crippen LogP) is 2.86. The van der Waals surface area contributed by atoms with Crippen molar-refractivity contribution in [1.82, 2.24) is 9.55 Å². The largest absolute Gasteiger partial charge is 0.497 e. The fraction of sp³-hybridized carbons (Fsp3) is 0.500. The number of hydrogen-bond acceptors (Lipinski definition) is 3. The topological polar surface area (TPSA) is 36.3 Å². The van der Waals surface area contributed by atoms with Gasteiger partial charge in [0.05, 0.1) is 18.1 Å². The summed E-state index contributed by atoms with van der Waals surface area (Å²) < 4.78 is 12.6. The van der Waals surface area contributed by atoms with Crippen LogP contribution in [0.4, 0.5) is 0 Å². The van der Waals surface area contributed by atoms with Crippen LogP contribution in [0.3, 0.4) is 0 Å². The van der Waals surface area contributed by atoms with Crippen LogP contribution in [-0.4, -0.2) is 36.3 Å². The Bertz CT molecular complexity index is 539. The number of alkyl halides is 1. The highest BCUT2D eigenvalue weighted by Crippen LogP contribution is 2.22. The van der Waals surface area contributed by atoms with Crippen LogP contribution >= 0.6 is 11.6 Å². The lowest BCUT2D eigenvalue weighted by Crippen LogP contribution is -2.06. The summed E-state index contributed by atoms with van der Waals surface area (Å²) in [5.74, 6) is 2.44. The van der Waals surface area contributed by atoms with E-state index < -0.39 is 0 Å². The number of aromatic nitrogens is 2. The highest BCUT2D eigenvalue weighted by molar-refractivity contribution is 6.17. The molecule has 5 heteroatoms. The Balaban J connectivity index is 2.38. The minimum absolute atomic E-state index is 0.574. The van der Waals surface area contributed by atoms with Crippen LogP contribution in [0.25, 0.3) is 11.0 Å². The van der Waals surface area contributed by atoms with E-state index in [1.54, 1.807) is 14.2 Å². The number of imidazole rings is 1. The first-order valence-electron chi connectivity index (χ1n) is 6.38. The number of methoxy groups -OCH3 is 2. The van der Waals surface area contributed by atoms with Crippen molar-refractivity contribution >= 4 is 22.6 Å². The Morgan fingerprint density at radius 1 is 1.32 bits per heavy atom. The summed E-state index contributed by atoms with van der Waals surface area (Å²) in [7, 11) is 3.39. The molecule has 19 heavy (non-hydrogen) atoms. The van der Waals surface area contributed by atoms with Crippen molar-refractivity contribution in [3.63, 3.8) is 0 Å². The molecule has 0 amide bonds. The van der Waals surface area contributed by atoms with E-state index in [0.29, 0.717) is 5.88 Å². The fourth-order valence-corrected chi connectivity index (χ4v) is 2.34. The van der Waals surface area contributed by atoms with Crippen LogP contribution in [0.15, 0.2) is 18.2 Å². The highest BCUT2D eigenvalue weighted by Gasteiger charge is 2.11. The molecule has 0 spiro atoms. The fourth-order valence-electron chi connectivity index (χ4n) is 2.17. The van der Waals surface area contributed by atoms with Gasteiger partial charge in [-0.25, -0.2) is 4.98 Å². The second-order valence-corrected chi connectivity index (χ2v) is 4.70. The first-order valence-corrected chi connectivity index (χ1v) is 6.91. The normalized spacial score (nSPS) is 11.1. The first-order chi connectivity index (χ1) is 9.30. The van der Waals surface area contributed by atoms with Crippen LogP contribution < -0.4 is 4.74 Å². The molecule has 0 aliphatic carbocycles. The molecule has 0 unspecified atom stereocenters. The van der Waals surface area contributed by atoms with E-state index in [1.807, 2.05) is 18.2 Å². The summed E-state index contributed by atoms with van der Waals surface area (Å²) in [5.41, 5.74) is 2.08. The molecule has 0 radical (unpaired) electrons. The van der Waals surface area contributed by atoms with Gasteiger partial charge in [-0.2, -0.15) is 0 Å². The monoisotopic (exact) mass is 282 g/mol. The molecule has 4 nitrogen and oxygen atoms in total. The van der Waals surface area contributed by atoms with Crippen molar-refractivity contribution in [2.75, 3.05) is 26.7 Å². The summed E-state index contributed by atoms with van der Waals surface area (Å²) in [5, 5.41) is 0. The third kappa shape index (κ3) is 3.19. The van der Waals surface area contributed by atoms with Crippen LogP contribution in [0.2, 0.25) is 0 Å². The first kappa shape index (κ1) is 14.2. The van der Waals surface area contributed by atoms with E-state index in [0.717, 1.165) is 48.6 Å². The smallest absolute Gasteiger partial charge is 0.121 e. The van der Waals surface area contributed by atoms with Crippen LogP contribution in [0.1, 0.15) is 12.2 Å². The summed E-state index contributed by atoms with van der Waals surface area (Å²) in [6.07, 6.45) is 1.72. The van der Waals surface area contributed by atoms with Gasteiger partial charge in [-0.15, -0.1) is 11.6 Å². The average molecular weight is 283 g/mol. The van der Waals surface area contributed by atoms with E-state index in [2.05, 4.69) is 9.55 Å². The second kappa shape index (κ2) is 6.78. The van der Waals surface area contributed by atoms with Gasteiger partial charge in [0.15, 0.2) is 0 Å². The van der Waals surface area contributed by atoms with Gasteiger partial charge in [0.1, 0.15) is 11.6 Å². The predicted molar refractivity (Wildman–Crippen MR) is 77.2 cm³/mol. The molecule has 1 aromatic carbocycles. The van der Waals surface area contributed by atoms with Crippen molar-refractivity contribution < 1.29 is 9.47 Å². The molecule has 0 atom stereocenters. The Morgan fingerprint density at radius 3 is 2.84 bits per heavy atom. The van der Waals surface area contributed by atoms with Gasteiger partial charge in [-0.05, 0) is 18.6 Å². The molecule has 0 saturated carbocycles. The van der Waals surface area contributed by atoms with Gasteiger partial charge in [0.2, 0.25) is 0 Å². The van der Waals surface area contributed by atoms with Crippen LogP contribution in [0, 0.1) is 0 Å². The maximum absolute atomic E-state index is 5.85. The summed E-state index contributed by atoms with van der Waals surface area (Å²) in [4.78, 5) is 4.64. The number of rotatable bonds is 7. The second-order valence-electron chi connectivity index (χ2n) is 4.32. The third-order valence-corrected chi connectivity index (χ3v) is 3.27. The molecule has 2 aromatic rings. The lowest BCUT2D eigenvalue weighted by Gasteiger charge is -2.08. The molecule has 104 valence electrons. The number of aryl methyl sites for hydroxylation is 2. The van der Waals surface area contributed by atoms with E-state index in [1.165, 1.54) is 0 Å². The SMILES string of the molecule is COCCCn1c(CCCl)nc2ccc(OC)cc21. The Morgan fingerprint density at radius 2 is 2.16 bits per heavy atom. The van der Waals surface area contributed by atoms with Crippen molar-refractivity contribution in [3.8, 4) is 5.75 Å². The van der Waals surface area contributed by atoms with Gasteiger partial charge >= 0.3 is 0 Å². The number of benzene rings is 1. The summed E-state index contributed by atoms with van der Waals surface area (Å²) in [6.45, 7) is 1.62. The lowest BCUT2D eigenvalue weighted by molar-refractivity contribution is 0.190. The number of nitrogens with zero attached hydrogens (tertiary/aromatic N) is 2. The standard InChI is InChI=1S/C14H19ClN2O2/c1-18-9-3-8-17-13-10-11(19-2)4-5-12(13)16-14(17)6-7-15/h4-5,10H,3,6-9H2,1-2H3. The van der Waals surface area contributed by atoms with E-state index in [9.17, 15) is 0 Å². The summed E-state index contributed by atoms with van der Waals surface area (Å²) >= 11 is 5.85. The van der Waals surface area contributed by atoms with Crippen molar-refractivity contribution in [3.05, 3.63) is 24.0 Å². The number of hydrogen-bond donors (Lipinski definition) is 0. The molecule has 0 N–H and O–H groups in total. The van der Waals surface area contributed by atoms with Gasteiger partial charge in [-0.3, -0.25) is 0 Å². The zero-order valence-corrected chi connectivity index (χ0v) is 12.1. The molecule has 1 aromatic heterocycles. The maximum atomic E-state index is 5.85. The van der Waals surface area contributed by atoms with Crippen molar-refractivity contribution in [2.24, 2.45) is 0 Å². The van der Waals surface area contributed by atoms with Crippen molar-refractivity contribution in [1.29, 1.82) is 0 Å². The third-order valence-electron chi connectivity index (χ3n) is 3.08. The molecule has 2 rings (SSSR count). The average Bonchev–Trinajstić information content (AvgIpc) is 2.77. The minimum atomic E-state index is 0.574. The molecule has 0 aliphatic heterocycles. The number of ether oxygens (including phenoxy) is 2. The van der Waals surface area contributed by atoms with Gasteiger partial charge < -0.3 is 14.0 Å². The Kier molecular flexibility index (Phi) is 5.05. The lowest BCUT2D eigenvalue weighted by atomic mass is 10.3. The minimum Gasteiger partial charge on any atom is -0.497 e.